The van der Waals surface area contributed by atoms with Crippen LogP contribution in [0.25, 0.3) is 0 Å². The van der Waals surface area contributed by atoms with Crippen molar-refractivity contribution in [2.45, 2.75) is 25.8 Å². The lowest BCUT2D eigenvalue weighted by atomic mass is 9.95. The van der Waals surface area contributed by atoms with Crippen LogP contribution >= 0.6 is 0 Å². The van der Waals surface area contributed by atoms with Gasteiger partial charge in [-0.2, -0.15) is 5.26 Å². The van der Waals surface area contributed by atoms with Crippen molar-refractivity contribution < 1.29 is 14.3 Å². The van der Waals surface area contributed by atoms with E-state index in [0.717, 1.165) is 49.5 Å². The zero-order chi connectivity index (χ0) is 16.1. The first kappa shape index (κ1) is 15.6. The molecule has 0 saturated carbocycles. The summed E-state index contributed by atoms with van der Waals surface area (Å²) in [5.74, 6) is 1.68. The Morgan fingerprint density at radius 2 is 2.09 bits per heavy atom. The topological polar surface area (TPSA) is 74.6 Å². The Morgan fingerprint density at radius 1 is 1.30 bits per heavy atom. The summed E-state index contributed by atoms with van der Waals surface area (Å²) < 4.78 is 10.6. The number of ether oxygens (including phenoxy) is 2. The highest BCUT2D eigenvalue weighted by atomic mass is 16.7. The van der Waals surface area contributed by atoms with Gasteiger partial charge in [0, 0.05) is 25.4 Å². The van der Waals surface area contributed by atoms with Gasteiger partial charge < -0.3 is 19.7 Å². The fourth-order valence-electron chi connectivity index (χ4n) is 3.01. The predicted octanol–water partition coefficient (Wildman–Crippen LogP) is 1.66. The Morgan fingerprint density at radius 3 is 2.87 bits per heavy atom. The molecule has 1 aromatic carbocycles. The molecule has 0 atom stereocenters. The van der Waals surface area contributed by atoms with E-state index >= 15 is 0 Å². The first-order valence-electron chi connectivity index (χ1n) is 8.02. The number of nitriles is 1. The molecule has 0 aliphatic carbocycles. The number of likely N-dealkylation sites (tertiary alicyclic amines) is 1. The zero-order valence-corrected chi connectivity index (χ0v) is 13.1. The summed E-state index contributed by atoms with van der Waals surface area (Å²) in [6.07, 6.45) is 2.28. The number of hydrogen-bond acceptors (Lipinski definition) is 5. The van der Waals surface area contributed by atoms with Crippen LogP contribution in [0.1, 0.15) is 24.8 Å². The number of carbonyl (C=O) groups excluding carboxylic acids is 1. The zero-order valence-electron chi connectivity index (χ0n) is 13.1. The predicted molar refractivity (Wildman–Crippen MR) is 83.8 cm³/mol. The Balaban J connectivity index is 1.44. The molecule has 23 heavy (non-hydrogen) atoms. The van der Waals surface area contributed by atoms with E-state index in [1.807, 2.05) is 18.2 Å². The molecule has 1 N–H and O–H groups in total. The van der Waals surface area contributed by atoms with Crippen molar-refractivity contribution in [3.8, 4) is 17.6 Å². The van der Waals surface area contributed by atoms with E-state index in [2.05, 4.69) is 16.3 Å². The monoisotopic (exact) mass is 315 g/mol. The minimum Gasteiger partial charge on any atom is -0.454 e. The molecule has 0 unspecified atom stereocenters. The number of carbonyl (C=O) groups is 1. The summed E-state index contributed by atoms with van der Waals surface area (Å²) in [6, 6.07) is 7.89. The largest absolute Gasteiger partial charge is 0.454 e. The summed E-state index contributed by atoms with van der Waals surface area (Å²) in [7, 11) is 0. The maximum atomic E-state index is 12.3. The normalized spacial score (nSPS) is 17.7. The van der Waals surface area contributed by atoms with E-state index in [9.17, 15) is 4.79 Å². The number of benzene rings is 1. The van der Waals surface area contributed by atoms with Gasteiger partial charge >= 0.3 is 0 Å². The van der Waals surface area contributed by atoms with Crippen molar-refractivity contribution in [2.75, 3.05) is 26.4 Å². The van der Waals surface area contributed by atoms with Gasteiger partial charge in [0.2, 0.25) is 12.7 Å². The van der Waals surface area contributed by atoms with E-state index < -0.39 is 0 Å². The molecule has 2 aliphatic heterocycles. The van der Waals surface area contributed by atoms with Crippen LogP contribution in [0.3, 0.4) is 0 Å². The Kier molecular flexibility index (Phi) is 4.99. The first-order valence-corrected chi connectivity index (χ1v) is 8.02. The number of hydrogen-bond donors (Lipinski definition) is 1. The smallest absolute Gasteiger partial charge is 0.231 e. The Hall–Kier alpha value is -2.26. The molecular formula is C17H21N3O3. The number of nitrogens with zero attached hydrogens (tertiary/aromatic N) is 2. The van der Waals surface area contributed by atoms with E-state index in [1.54, 1.807) is 0 Å². The van der Waals surface area contributed by atoms with E-state index in [-0.39, 0.29) is 18.6 Å². The number of piperidine rings is 1. The molecule has 0 radical (unpaired) electrons. The number of fused-ring (bicyclic) bond motifs is 1. The molecule has 6 heteroatoms. The first-order chi connectivity index (χ1) is 11.3. The fourth-order valence-corrected chi connectivity index (χ4v) is 3.01. The molecule has 3 rings (SSSR count). The highest BCUT2D eigenvalue weighted by molar-refractivity contribution is 5.78. The van der Waals surface area contributed by atoms with Crippen molar-refractivity contribution in [1.29, 1.82) is 5.26 Å². The van der Waals surface area contributed by atoms with Crippen LogP contribution in [0.4, 0.5) is 0 Å². The summed E-state index contributed by atoms with van der Waals surface area (Å²) in [6.45, 7) is 3.36. The Labute approximate surface area is 136 Å². The molecule has 0 bridgehead atoms. The quantitative estimate of drug-likeness (QED) is 0.894. The van der Waals surface area contributed by atoms with Gasteiger partial charge in [-0.3, -0.25) is 4.79 Å². The molecule has 2 aliphatic rings. The van der Waals surface area contributed by atoms with Gasteiger partial charge in [-0.05, 0) is 43.6 Å². The molecule has 0 spiro atoms. The van der Waals surface area contributed by atoms with Crippen molar-refractivity contribution >= 4 is 5.91 Å². The second kappa shape index (κ2) is 7.34. The average molecular weight is 315 g/mol. The third kappa shape index (κ3) is 3.93. The minimum absolute atomic E-state index is 0.0716. The van der Waals surface area contributed by atoms with Crippen molar-refractivity contribution in [2.24, 2.45) is 5.92 Å². The van der Waals surface area contributed by atoms with Crippen LogP contribution in [-0.2, 0) is 11.3 Å². The van der Waals surface area contributed by atoms with Gasteiger partial charge in [0.1, 0.15) is 0 Å². The maximum Gasteiger partial charge on any atom is 0.231 e. The molecule has 1 fully saturated rings. The lowest BCUT2D eigenvalue weighted by Gasteiger charge is -2.30. The van der Waals surface area contributed by atoms with Crippen LogP contribution in [-0.4, -0.2) is 37.2 Å². The van der Waals surface area contributed by atoms with Crippen LogP contribution in [0, 0.1) is 17.2 Å². The second-order valence-electron chi connectivity index (χ2n) is 5.93. The van der Waals surface area contributed by atoms with Crippen molar-refractivity contribution in [3.63, 3.8) is 0 Å². The highest BCUT2D eigenvalue weighted by Crippen LogP contribution is 2.32. The van der Waals surface area contributed by atoms with Gasteiger partial charge in [-0.25, -0.2) is 0 Å². The van der Waals surface area contributed by atoms with Gasteiger partial charge in [-0.15, -0.1) is 0 Å². The highest BCUT2D eigenvalue weighted by Gasteiger charge is 2.24. The fraction of sp³-hybridized carbons (Fsp3) is 0.529. The summed E-state index contributed by atoms with van der Waals surface area (Å²) >= 11 is 0. The minimum atomic E-state index is 0.0716. The molecule has 1 aromatic rings. The average Bonchev–Trinajstić information content (AvgIpc) is 3.06. The third-order valence-corrected chi connectivity index (χ3v) is 4.40. The van der Waals surface area contributed by atoms with Gasteiger partial charge in [0.05, 0.1) is 6.07 Å². The number of rotatable bonds is 5. The van der Waals surface area contributed by atoms with Crippen molar-refractivity contribution in [3.05, 3.63) is 23.8 Å². The van der Waals surface area contributed by atoms with Crippen LogP contribution in [0.15, 0.2) is 18.2 Å². The van der Waals surface area contributed by atoms with Gasteiger partial charge in [0.15, 0.2) is 11.5 Å². The standard InChI is InChI=1S/C17H21N3O3/c18-6-1-7-20-8-4-14(5-9-20)17(21)19-11-13-2-3-15-16(10-13)23-12-22-15/h2-3,10,14H,1,4-5,7-9,11-12H2,(H,19,21). The van der Waals surface area contributed by atoms with Crippen molar-refractivity contribution in [1.82, 2.24) is 10.2 Å². The molecule has 1 amide bonds. The molecule has 1 saturated heterocycles. The molecule has 6 nitrogen and oxygen atoms in total. The van der Waals surface area contributed by atoms with Crippen LogP contribution in [0.5, 0.6) is 11.5 Å². The van der Waals surface area contributed by atoms with E-state index in [0.29, 0.717) is 13.0 Å². The SMILES string of the molecule is N#CCCN1CCC(C(=O)NCc2ccc3c(c2)OCO3)CC1. The van der Waals surface area contributed by atoms with E-state index in [1.165, 1.54) is 0 Å². The molecule has 2 heterocycles. The molecule has 122 valence electrons. The van der Waals surface area contributed by atoms with Crippen LogP contribution in [0.2, 0.25) is 0 Å². The summed E-state index contributed by atoms with van der Waals surface area (Å²) in [4.78, 5) is 14.5. The lowest BCUT2D eigenvalue weighted by Crippen LogP contribution is -2.40. The number of nitrogens with one attached hydrogen (secondary N) is 1. The molecular weight excluding hydrogens is 294 g/mol. The van der Waals surface area contributed by atoms with Gasteiger partial charge in [0.25, 0.3) is 0 Å². The molecule has 0 aromatic heterocycles. The number of amides is 1. The van der Waals surface area contributed by atoms with Crippen LogP contribution < -0.4 is 14.8 Å². The van der Waals surface area contributed by atoms with E-state index in [4.69, 9.17) is 14.7 Å². The third-order valence-electron chi connectivity index (χ3n) is 4.40. The van der Waals surface area contributed by atoms with Gasteiger partial charge in [-0.1, -0.05) is 6.07 Å². The maximum absolute atomic E-state index is 12.3. The summed E-state index contributed by atoms with van der Waals surface area (Å²) in [5, 5.41) is 11.6. The summed E-state index contributed by atoms with van der Waals surface area (Å²) in [5.41, 5.74) is 1.01. The lowest BCUT2D eigenvalue weighted by molar-refractivity contribution is -0.126. The Bertz CT molecular complexity index is 604. The second-order valence-corrected chi connectivity index (χ2v) is 5.93.